The molecule has 1 aliphatic heterocycles. The van der Waals surface area contributed by atoms with Crippen LogP contribution in [-0.4, -0.2) is 31.5 Å². The molecule has 1 saturated heterocycles. The maximum absolute atomic E-state index is 11.9. The molecule has 1 heterocycles. The van der Waals surface area contributed by atoms with Gasteiger partial charge in [-0.25, -0.2) is 0 Å². The third kappa shape index (κ3) is 2.16. The molecule has 0 bridgehead atoms. The predicted octanol–water partition coefficient (Wildman–Crippen LogP) is 0.937. The van der Waals surface area contributed by atoms with Crippen molar-refractivity contribution in [2.75, 3.05) is 18.6 Å². The summed E-state index contributed by atoms with van der Waals surface area (Å²) in [5.74, 6) is 0.528. The number of piperazine rings is 1. The van der Waals surface area contributed by atoms with Crippen LogP contribution in [-0.2, 0) is 9.59 Å². The lowest BCUT2D eigenvalue weighted by atomic mass is 10.1. The Morgan fingerprint density at radius 2 is 2.00 bits per heavy atom. The van der Waals surface area contributed by atoms with Crippen LogP contribution in [0.15, 0.2) is 24.3 Å². The molecule has 1 atom stereocenters. The minimum absolute atomic E-state index is 0.0569. The number of rotatable bonds is 3. The van der Waals surface area contributed by atoms with Gasteiger partial charge in [0.15, 0.2) is 0 Å². The molecule has 1 aromatic carbocycles. The summed E-state index contributed by atoms with van der Waals surface area (Å²) in [5.41, 5.74) is 0.725. The van der Waals surface area contributed by atoms with E-state index < -0.39 is 6.04 Å². The second-order valence-electron chi connectivity index (χ2n) is 4.10. The van der Waals surface area contributed by atoms with Crippen LogP contribution in [0.5, 0.6) is 5.75 Å². The zero-order valence-corrected chi connectivity index (χ0v) is 10.5. The number of hydrogen-bond acceptors (Lipinski definition) is 3. The largest absolute Gasteiger partial charge is 0.497 e. The lowest BCUT2D eigenvalue weighted by Crippen LogP contribution is -2.58. The molecule has 1 fully saturated rings. The zero-order chi connectivity index (χ0) is 13.1. The summed E-state index contributed by atoms with van der Waals surface area (Å²) < 4.78 is 5.07. The highest BCUT2D eigenvalue weighted by molar-refractivity contribution is 6.06. The Morgan fingerprint density at radius 3 is 2.56 bits per heavy atom. The minimum atomic E-state index is -0.431. The van der Waals surface area contributed by atoms with E-state index >= 15 is 0 Å². The van der Waals surface area contributed by atoms with Gasteiger partial charge >= 0.3 is 0 Å². The number of carbonyl (C=O) groups excluding carboxylic acids is 2. The van der Waals surface area contributed by atoms with E-state index in [-0.39, 0.29) is 18.4 Å². The summed E-state index contributed by atoms with van der Waals surface area (Å²) in [7, 11) is 1.59. The van der Waals surface area contributed by atoms with E-state index in [1.54, 1.807) is 36.3 Å². The van der Waals surface area contributed by atoms with Gasteiger partial charge < -0.3 is 10.1 Å². The summed E-state index contributed by atoms with van der Waals surface area (Å²) in [6, 6.07) is 6.71. The van der Waals surface area contributed by atoms with Gasteiger partial charge in [-0.1, -0.05) is 6.92 Å². The highest BCUT2D eigenvalue weighted by atomic mass is 16.5. The molecule has 0 spiro atoms. The quantitative estimate of drug-likeness (QED) is 0.866. The van der Waals surface area contributed by atoms with Crippen LogP contribution < -0.4 is 15.0 Å². The van der Waals surface area contributed by atoms with E-state index in [0.29, 0.717) is 6.42 Å². The lowest BCUT2D eigenvalue weighted by Gasteiger charge is -2.34. The second kappa shape index (κ2) is 5.08. The van der Waals surface area contributed by atoms with Crippen molar-refractivity contribution in [3.8, 4) is 5.75 Å². The fourth-order valence-electron chi connectivity index (χ4n) is 2.09. The monoisotopic (exact) mass is 248 g/mol. The van der Waals surface area contributed by atoms with Crippen LogP contribution in [0.4, 0.5) is 5.69 Å². The van der Waals surface area contributed by atoms with E-state index in [2.05, 4.69) is 5.32 Å². The van der Waals surface area contributed by atoms with Crippen molar-refractivity contribution >= 4 is 17.5 Å². The van der Waals surface area contributed by atoms with Gasteiger partial charge in [0.1, 0.15) is 11.8 Å². The Balaban J connectivity index is 2.32. The first-order valence-electron chi connectivity index (χ1n) is 5.91. The van der Waals surface area contributed by atoms with Gasteiger partial charge in [-0.3, -0.25) is 14.5 Å². The van der Waals surface area contributed by atoms with Crippen molar-refractivity contribution < 1.29 is 14.3 Å². The van der Waals surface area contributed by atoms with Crippen LogP contribution in [0.1, 0.15) is 13.3 Å². The Labute approximate surface area is 106 Å². The SMILES string of the molecule is CCC1C(=O)NCC(=O)N1c1ccc(OC)cc1. The number of methoxy groups -OCH3 is 1. The number of nitrogens with zero attached hydrogens (tertiary/aromatic N) is 1. The van der Waals surface area contributed by atoms with Gasteiger partial charge in [0.05, 0.1) is 13.7 Å². The van der Waals surface area contributed by atoms with Gasteiger partial charge in [-0.05, 0) is 30.7 Å². The number of hydrogen-bond donors (Lipinski definition) is 1. The van der Waals surface area contributed by atoms with Crippen molar-refractivity contribution in [3.63, 3.8) is 0 Å². The summed E-state index contributed by atoms with van der Waals surface area (Å²) in [4.78, 5) is 25.2. The topological polar surface area (TPSA) is 58.6 Å². The maximum atomic E-state index is 11.9. The van der Waals surface area contributed by atoms with Crippen LogP contribution in [0.2, 0.25) is 0 Å². The predicted molar refractivity (Wildman–Crippen MR) is 67.6 cm³/mol. The third-order valence-corrected chi connectivity index (χ3v) is 3.03. The normalized spacial score (nSPS) is 19.7. The van der Waals surface area contributed by atoms with E-state index in [1.807, 2.05) is 6.92 Å². The fourth-order valence-corrected chi connectivity index (χ4v) is 2.09. The molecule has 1 aliphatic rings. The van der Waals surface area contributed by atoms with Gasteiger partial charge in [-0.15, -0.1) is 0 Å². The van der Waals surface area contributed by atoms with Gasteiger partial charge in [0.2, 0.25) is 11.8 Å². The smallest absolute Gasteiger partial charge is 0.247 e. The zero-order valence-electron chi connectivity index (χ0n) is 10.5. The van der Waals surface area contributed by atoms with E-state index in [1.165, 1.54) is 0 Å². The molecule has 1 unspecified atom stereocenters. The Morgan fingerprint density at radius 1 is 1.33 bits per heavy atom. The molecule has 2 amide bonds. The molecule has 1 N–H and O–H groups in total. The molecule has 5 heteroatoms. The van der Waals surface area contributed by atoms with Crippen LogP contribution in [0.3, 0.4) is 0 Å². The molecule has 1 aromatic rings. The van der Waals surface area contributed by atoms with E-state index in [0.717, 1.165) is 11.4 Å². The van der Waals surface area contributed by atoms with Crippen molar-refractivity contribution in [2.24, 2.45) is 0 Å². The fraction of sp³-hybridized carbons (Fsp3) is 0.385. The molecule has 18 heavy (non-hydrogen) atoms. The van der Waals surface area contributed by atoms with Crippen LogP contribution in [0, 0.1) is 0 Å². The van der Waals surface area contributed by atoms with Gasteiger partial charge in [-0.2, -0.15) is 0 Å². The summed E-state index contributed by atoms with van der Waals surface area (Å²) in [6.07, 6.45) is 0.587. The van der Waals surface area contributed by atoms with Gasteiger partial charge in [0.25, 0.3) is 0 Å². The minimum Gasteiger partial charge on any atom is -0.497 e. The summed E-state index contributed by atoms with van der Waals surface area (Å²) in [5, 5.41) is 2.60. The Bertz CT molecular complexity index is 456. The van der Waals surface area contributed by atoms with Crippen molar-refractivity contribution in [2.45, 2.75) is 19.4 Å². The van der Waals surface area contributed by atoms with Gasteiger partial charge in [0, 0.05) is 5.69 Å². The summed E-state index contributed by atoms with van der Waals surface area (Å²) >= 11 is 0. The Hall–Kier alpha value is -2.04. The number of ether oxygens (including phenoxy) is 1. The average Bonchev–Trinajstić information content (AvgIpc) is 2.41. The molecule has 0 aliphatic carbocycles. The van der Waals surface area contributed by atoms with Crippen molar-refractivity contribution in [1.29, 1.82) is 0 Å². The molecule has 2 rings (SSSR count). The van der Waals surface area contributed by atoms with E-state index in [9.17, 15) is 9.59 Å². The molecule has 0 radical (unpaired) electrons. The molecule has 0 saturated carbocycles. The second-order valence-corrected chi connectivity index (χ2v) is 4.10. The molecular weight excluding hydrogens is 232 g/mol. The molecule has 0 aromatic heterocycles. The Kier molecular flexibility index (Phi) is 3.50. The highest BCUT2D eigenvalue weighted by Gasteiger charge is 2.33. The first kappa shape index (κ1) is 12.4. The number of amides is 2. The van der Waals surface area contributed by atoms with Crippen molar-refractivity contribution in [1.82, 2.24) is 5.32 Å². The van der Waals surface area contributed by atoms with Crippen molar-refractivity contribution in [3.05, 3.63) is 24.3 Å². The maximum Gasteiger partial charge on any atom is 0.247 e. The van der Waals surface area contributed by atoms with Crippen LogP contribution >= 0.6 is 0 Å². The molecule has 5 nitrogen and oxygen atoms in total. The standard InChI is InChI=1S/C13H16N2O3/c1-3-11-13(17)14-8-12(16)15(11)9-4-6-10(18-2)7-5-9/h4-7,11H,3,8H2,1-2H3,(H,14,17). The van der Waals surface area contributed by atoms with Crippen LogP contribution in [0.25, 0.3) is 0 Å². The first-order chi connectivity index (χ1) is 8.67. The third-order valence-electron chi connectivity index (χ3n) is 3.03. The number of anilines is 1. The highest BCUT2D eigenvalue weighted by Crippen LogP contribution is 2.23. The first-order valence-corrected chi connectivity index (χ1v) is 5.91. The number of benzene rings is 1. The number of carbonyl (C=O) groups is 2. The van der Waals surface area contributed by atoms with E-state index in [4.69, 9.17) is 4.74 Å². The number of nitrogens with one attached hydrogen (secondary N) is 1. The molecule has 96 valence electrons. The lowest BCUT2D eigenvalue weighted by molar-refractivity contribution is -0.131. The summed E-state index contributed by atoms with van der Waals surface area (Å²) in [6.45, 7) is 1.95. The molecular formula is C13H16N2O3. The average molecular weight is 248 g/mol.